The third-order valence-corrected chi connectivity index (χ3v) is 13.9. The molecule has 0 saturated carbocycles. The molecule has 1 spiro atoms. The zero-order chi connectivity index (χ0) is 44.3. The summed E-state index contributed by atoms with van der Waals surface area (Å²) in [5.74, 6) is 0.676. The Balaban J connectivity index is 1.11. The second-order valence-corrected chi connectivity index (χ2v) is 17.6. The van der Waals surface area contributed by atoms with Gasteiger partial charge in [0.05, 0.1) is 16.8 Å². The summed E-state index contributed by atoms with van der Waals surface area (Å²) in [5, 5.41) is 0. The molecular formula is C65H42N2. The molecule has 67 heavy (non-hydrogen) atoms. The molecule has 0 fully saturated rings. The van der Waals surface area contributed by atoms with Crippen LogP contribution in [0, 0.1) is 0 Å². The molecule has 0 aliphatic heterocycles. The fraction of sp³-hybridized carbons (Fsp3) is 0.0154. The van der Waals surface area contributed by atoms with E-state index < -0.39 is 5.41 Å². The Morgan fingerprint density at radius 2 is 0.582 bits per heavy atom. The van der Waals surface area contributed by atoms with Crippen molar-refractivity contribution in [3.63, 3.8) is 0 Å². The number of aromatic nitrogens is 2. The van der Waals surface area contributed by atoms with Gasteiger partial charge in [-0.25, -0.2) is 9.97 Å². The molecule has 11 aromatic rings. The molecule has 0 unspecified atom stereocenters. The number of hydrogen-bond acceptors (Lipinski definition) is 2. The van der Waals surface area contributed by atoms with Gasteiger partial charge in [0, 0.05) is 16.7 Å². The molecule has 13 rings (SSSR count). The van der Waals surface area contributed by atoms with Crippen molar-refractivity contribution in [3.05, 3.63) is 277 Å². The molecule has 0 amide bonds. The van der Waals surface area contributed by atoms with Crippen LogP contribution in [-0.2, 0) is 5.41 Å². The summed E-state index contributed by atoms with van der Waals surface area (Å²) in [7, 11) is 0. The number of benzene rings is 10. The normalized spacial score (nSPS) is 12.6. The first-order valence-corrected chi connectivity index (χ1v) is 23.1. The Morgan fingerprint density at radius 1 is 0.209 bits per heavy atom. The van der Waals surface area contributed by atoms with Crippen LogP contribution in [0.1, 0.15) is 22.3 Å². The molecule has 2 aliphatic rings. The van der Waals surface area contributed by atoms with Gasteiger partial charge in [-0.3, -0.25) is 0 Å². The third kappa shape index (κ3) is 6.26. The van der Waals surface area contributed by atoms with E-state index in [-0.39, 0.29) is 0 Å². The van der Waals surface area contributed by atoms with Gasteiger partial charge in [0.15, 0.2) is 5.82 Å². The van der Waals surface area contributed by atoms with Crippen molar-refractivity contribution < 1.29 is 0 Å². The van der Waals surface area contributed by atoms with Crippen LogP contribution < -0.4 is 0 Å². The SMILES string of the molecule is c1ccc(-c2cc(-c3ccccc3)cc(-c3cc(-c4ccc5c(c4)C4(c6ccccc6-c6ccccc6-5)c5ccccc5-c5ccccc54)nc(-c4ccccc4-c4ccccc4)n3)c2)cc1. The van der Waals surface area contributed by atoms with E-state index in [1.807, 2.05) is 0 Å². The van der Waals surface area contributed by atoms with Crippen LogP contribution in [0.25, 0.3) is 101 Å². The maximum Gasteiger partial charge on any atom is 0.161 e. The van der Waals surface area contributed by atoms with E-state index in [0.29, 0.717) is 5.82 Å². The summed E-state index contributed by atoms with van der Waals surface area (Å²) in [5.41, 5.74) is 23.5. The largest absolute Gasteiger partial charge is 0.228 e. The molecule has 1 aromatic heterocycles. The lowest BCUT2D eigenvalue weighted by molar-refractivity contribution is 0.775. The minimum atomic E-state index is -0.610. The minimum absolute atomic E-state index is 0.610. The fourth-order valence-electron chi connectivity index (χ4n) is 11.0. The van der Waals surface area contributed by atoms with Crippen molar-refractivity contribution in [1.82, 2.24) is 9.97 Å². The van der Waals surface area contributed by atoms with Gasteiger partial charge in [0.25, 0.3) is 0 Å². The van der Waals surface area contributed by atoms with E-state index in [2.05, 4.69) is 255 Å². The van der Waals surface area contributed by atoms with E-state index in [1.54, 1.807) is 0 Å². The van der Waals surface area contributed by atoms with E-state index in [4.69, 9.17) is 9.97 Å². The fourth-order valence-corrected chi connectivity index (χ4v) is 11.0. The standard InChI is InChI=1S/C65H42N2/c1-4-20-43(21-5-1)47-38-48(44-22-6-2-7-23-44)40-49(39-47)63-42-62(66-64(67-63)57-32-13-10-26-50(57)45-24-8-3-9-25-45)46-36-37-56-52-28-12-11-27-51(52)53-29-14-17-33-58(53)65(61(56)41-46)59-34-18-15-30-54(59)55-31-16-19-35-60(55)65/h1-42H. The van der Waals surface area contributed by atoms with Gasteiger partial charge in [0.1, 0.15) is 0 Å². The maximum absolute atomic E-state index is 5.60. The Bertz CT molecular complexity index is 3580. The van der Waals surface area contributed by atoms with Crippen molar-refractivity contribution in [2.24, 2.45) is 0 Å². The summed E-state index contributed by atoms with van der Waals surface area (Å²) >= 11 is 0. The van der Waals surface area contributed by atoms with Gasteiger partial charge in [-0.1, -0.05) is 224 Å². The lowest BCUT2D eigenvalue weighted by Crippen LogP contribution is -2.29. The van der Waals surface area contributed by atoms with Gasteiger partial charge >= 0.3 is 0 Å². The third-order valence-electron chi connectivity index (χ3n) is 13.9. The molecule has 0 bridgehead atoms. The average Bonchev–Trinajstić information content (AvgIpc) is 3.66. The van der Waals surface area contributed by atoms with E-state index in [9.17, 15) is 0 Å². The first-order valence-electron chi connectivity index (χ1n) is 23.1. The zero-order valence-electron chi connectivity index (χ0n) is 36.6. The van der Waals surface area contributed by atoms with Gasteiger partial charge in [-0.2, -0.15) is 0 Å². The molecule has 2 aliphatic carbocycles. The molecule has 10 aromatic carbocycles. The Labute approximate surface area is 391 Å². The van der Waals surface area contributed by atoms with Crippen molar-refractivity contribution in [2.75, 3.05) is 0 Å². The van der Waals surface area contributed by atoms with Crippen LogP contribution in [0.2, 0.25) is 0 Å². The smallest absolute Gasteiger partial charge is 0.161 e. The zero-order valence-corrected chi connectivity index (χ0v) is 36.6. The van der Waals surface area contributed by atoms with Crippen LogP contribution in [0.15, 0.2) is 255 Å². The second kappa shape index (κ2) is 15.8. The Morgan fingerprint density at radius 3 is 1.10 bits per heavy atom. The highest BCUT2D eigenvalue weighted by molar-refractivity contribution is 5.98. The van der Waals surface area contributed by atoms with Crippen LogP contribution in [0.5, 0.6) is 0 Å². The summed E-state index contributed by atoms with van der Waals surface area (Å²) in [6, 6.07) is 92.6. The van der Waals surface area contributed by atoms with Crippen LogP contribution >= 0.6 is 0 Å². The lowest BCUT2D eigenvalue weighted by atomic mass is 9.65. The summed E-state index contributed by atoms with van der Waals surface area (Å²) in [6.07, 6.45) is 0. The monoisotopic (exact) mass is 850 g/mol. The number of hydrogen-bond donors (Lipinski definition) is 0. The summed E-state index contributed by atoms with van der Waals surface area (Å²) < 4.78 is 0. The molecule has 0 atom stereocenters. The molecule has 2 nitrogen and oxygen atoms in total. The highest BCUT2D eigenvalue weighted by Gasteiger charge is 2.49. The number of fused-ring (bicyclic) bond motifs is 12. The van der Waals surface area contributed by atoms with Crippen LogP contribution in [0.3, 0.4) is 0 Å². The molecule has 0 radical (unpaired) electrons. The Kier molecular flexibility index (Phi) is 9.11. The first-order chi connectivity index (χ1) is 33.2. The minimum Gasteiger partial charge on any atom is -0.228 e. The van der Waals surface area contributed by atoms with Crippen LogP contribution in [-0.4, -0.2) is 9.97 Å². The topological polar surface area (TPSA) is 25.8 Å². The summed E-state index contributed by atoms with van der Waals surface area (Å²) in [4.78, 5) is 11.1. The summed E-state index contributed by atoms with van der Waals surface area (Å²) in [6.45, 7) is 0. The van der Waals surface area contributed by atoms with Gasteiger partial charge in [-0.15, -0.1) is 0 Å². The predicted octanol–water partition coefficient (Wildman–Crippen LogP) is 16.5. The quantitative estimate of drug-likeness (QED) is 0.167. The van der Waals surface area contributed by atoms with Crippen molar-refractivity contribution in [2.45, 2.75) is 5.41 Å². The number of rotatable bonds is 6. The molecule has 2 heteroatoms. The lowest BCUT2D eigenvalue weighted by Gasteiger charge is -2.35. The van der Waals surface area contributed by atoms with Crippen molar-refractivity contribution >= 4 is 0 Å². The van der Waals surface area contributed by atoms with E-state index >= 15 is 0 Å². The highest BCUT2D eigenvalue weighted by atomic mass is 14.9. The Hall–Kier alpha value is -8.72. The molecule has 0 saturated heterocycles. The van der Waals surface area contributed by atoms with Gasteiger partial charge in [0.2, 0.25) is 0 Å². The van der Waals surface area contributed by atoms with E-state index in [0.717, 1.165) is 61.5 Å². The maximum atomic E-state index is 5.60. The van der Waals surface area contributed by atoms with Crippen molar-refractivity contribution in [3.8, 4) is 101 Å². The highest BCUT2D eigenvalue weighted by Crippen LogP contribution is 2.61. The molecule has 0 N–H and O–H groups in total. The van der Waals surface area contributed by atoms with Gasteiger partial charge in [-0.05, 0) is 119 Å². The van der Waals surface area contributed by atoms with E-state index in [1.165, 1.54) is 55.6 Å². The van der Waals surface area contributed by atoms with Crippen molar-refractivity contribution in [1.29, 1.82) is 0 Å². The molecular weight excluding hydrogens is 809 g/mol. The number of nitrogens with zero attached hydrogens (tertiary/aromatic N) is 2. The molecule has 1 heterocycles. The predicted molar refractivity (Wildman–Crippen MR) is 276 cm³/mol. The van der Waals surface area contributed by atoms with Crippen LogP contribution in [0.4, 0.5) is 0 Å². The first kappa shape index (κ1) is 38.7. The molecule has 312 valence electrons. The average molecular weight is 851 g/mol. The second-order valence-electron chi connectivity index (χ2n) is 17.6. The van der Waals surface area contributed by atoms with Gasteiger partial charge < -0.3 is 0 Å².